The molecule has 0 saturated carbocycles. The largest absolute Gasteiger partial charge is 0.481 e. The van der Waals surface area contributed by atoms with Crippen molar-refractivity contribution >= 4 is 21.9 Å². The number of hydrogen-bond acceptors (Lipinski definition) is 5. The summed E-state index contributed by atoms with van der Waals surface area (Å²) in [5.74, 6) is -1.65. The lowest BCUT2D eigenvalue weighted by Crippen LogP contribution is -2.60. The number of amides is 1. The normalized spacial score (nSPS) is 28.0. The molecule has 0 bridgehead atoms. The van der Waals surface area contributed by atoms with Gasteiger partial charge >= 0.3 is 5.97 Å². The zero-order valence-corrected chi connectivity index (χ0v) is 12.7. The first kappa shape index (κ1) is 16.2. The van der Waals surface area contributed by atoms with Crippen LogP contribution >= 0.6 is 0 Å². The molecule has 2 rings (SSSR count). The highest BCUT2D eigenvalue weighted by atomic mass is 32.2. The minimum absolute atomic E-state index is 0.0378. The number of ether oxygens (including phenoxy) is 1. The highest BCUT2D eigenvalue weighted by Crippen LogP contribution is 2.20. The van der Waals surface area contributed by atoms with Gasteiger partial charge in [0.2, 0.25) is 15.9 Å². The van der Waals surface area contributed by atoms with Crippen LogP contribution in [-0.2, 0) is 24.3 Å². The second-order valence-corrected chi connectivity index (χ2v) is 7.34. The van der Waals surface area contributed by atoms with Gasteiger partial charge in [-0.25, -0.2) is 8.42 Å². The van der Waals surface area contributed by atoms with E-state index in [9.17, 15) is 18.0 Å². The van der Waals surface area contributed by atoms with Crippen molar-refractivity contribution in [3.8, 4) is 0 Å². The molecule has 0 aliphatic carbocycles. The van der Waals surface area contributed by atoms with Gasteiger partial charge in [0.25, 0.3) is 0 Å². The Morgan fingerprint density at radius 2 is 2.14 bits per heavy atom. The van der Waals surface area contributed by atoms with E-state index in [0.29, 0.717) is 13.2 Å². The summed E-state index contributed by atoms with van der Waals surface area (Å²) in [7, 11) is -3.61. The van der Waals surface area contributed by atoms with Gasteiger partial charge in [-0.3, -0.25) is 9.59 Å². The van der Waals surface area contributed by atoms with Crippen molar-refractivity contribution in [1.29, 1.82) is 0 Å². The average molecular weight is 320 g/mol. The molecule has 2 aliphatic heterocycles. The average Bonchev–Trinajstić information content (AvgIpc) is 2.85. The van der Waals surface area contributed by atoms with E-state index in [0.717, 1.165) is 23.4 Å². The predicted molar refractivity (Wildman–Crippen MR) is 73.1 cm³/mol. The molecule has 2 atom stereocenters. The first-order valence-electron chi connectivity index (χ1n) is 6.88. The third-order valence-electron chi connectivity index (χ3n) is 3.78. The molecule has 0 aromatic rings. The van der Waals surface area contributed by atoms with Crippen molar-refractivity contribution in [2.45, 2.75) is 31.4 Å². The Bertz CT molecular complexity index is 514. The number of carboxylic acids is 1. The van der Waals surface area contributed by atoms with Gasteiger partial charge in [-0.05, 0) is 12.8 Å². The Balaban J connectivity index is 2.12. The van der Waals surface area contributed by atoms with Crippen LogP contribution in [0, 0.1) is 0 Å². The third kappa shape index (κ3) is 3.92. The molecule has 1 N–H and O–H groups in total. The van der Waals surface area contributed by atoms with Crippen molar-refractivity contribution in [1.82, 2.24) is 9.21 Å². The van der Waals surface area contributed by atoms with Crippen LogP contribution in [0.5, 0.6) is 0 Å². The molecule has 2 unspecified atom stereocenters. The van der Waals surface area contributed by atoms with E-state index in [2.05, 4.69) is 0 Å². The molecule has 1 amide bonds. The van der Waals surface area contributed by atoms with Gasteiger partial charge in [0, 0.05) is 26.2 Å². The van der Waals surface area contributed by atoms with Crippen molar-refractivity contribution in [3.05, 3.63) is 0 Å². The lowest BCUT2D eigenvalue weighted by atomic mass is 10.1. The standard InChI is InChI=1S/C12H20N2O6S/c1-21(18,19)14-5-4-13(8-9-3-2-6-20-9)12(17)10(14)7-11(15)16/h9-10H,2-8H2,1H3,(H,15,16). The summed E-state index contributed by atoms with van der Waals surface area (Å²) in [6.07, 6.45) is 2.24. The first-order valence-corrected chi connectivity index (χ1v) is 8.73. The molecule has 0 spiro atoms. The molecule has 120 valence electrons. The van der Waals surface area contributed by atoms with Crippen LogP contribution < -0.4 is 0 Å². The van der Waals surface area contributed by atoms with Crippen LogP contribution in [-0.4, -0.2) is 79.2 Å². The van der Waals surface area contributed by atoms with Crippen LogP contribution in [0.3, 0.4) is 0 Å². The number of rotatable bonds is 5. The van der Waals surface area contributed by atoms with Gasteiger partial charge in [-0.15, -0.1) is 0 Å². The number of carbonyl (C=O) groups excluding carboxylic acids is 1. The Kier molecular flexibility index (Phi) is 4.84. The molecule has 8 nitrogen and oxygen atoms in total. The van der Waals surface area contributed by atoms with Crippen LogP contribution in [0.15, 0.2) is 0 Å². The zero-order valence-electron chi connectivity index (χ0n) is 11.9. The predicted octanol–water partition coefficient (Wildman–Crippen LogP) is -0.887. The number of nitrogens with zero attached hydrogens (tertiary/aromatic N) is 2. The van der Waals surface area contributed by atoms with Gasteiger partial charge in [0.15, 0.2) is 0 Å². The Morgan fingerprint density at radius 3 is 2.67 bits per heavy atom. The molecule has 2 fully saturated rings. The van der Waals surface area contributed by atoms with Crippen molar-refractivity contribution in [2.24, 2.45) is 0 Å². The lowest BCUT2D eigenvalue weighted by molar-refractivity contribution is -0.147. The second kappa shape index (κ2) is 6.29. The first-order chi connectivity index (χ1) is 9.79. The van der Waals surface area contributed by atoms with Gasteiger partial charge in [-0.1, -0.05) is 0 Å². The van der Waals surface area contributed by atoms with Gasteiger partial charge < -0.3 is 14.7 Å². The number of carboxylic acid groups (broad SMARTS) is 1. The Hall–Kier alpha value is -1.19. The maximum atomic E-state index is 12.4. The van der Waals surface area contributed by atoms with E-state index >= 15 is 0 Å². The SMILES string of the molecule is CS(=O)(=O)N1CCN(CC2CCCO2)C(=O)C1CC(=O)O. The number of sulfonamides is 1. The summed E-state index contributed by atoms with van der Waals surface area (Å²) < 4.78 is 29.9. The van der Waals surface area contributed by atoms with Gasteiger partial charge in [-0.2, -0.15) is 4.31 Å². The summed E-state index contributed by atoms with van der Waals surface area (Å²) in [6.45, 7) is 1.45. The second-order valence-electron chi connectivity index (χ2n) is 5.41. The Morgan fingerprint density at radius 1 is 1.43 bits per heavy atom. The van der Waals surface area contributed by atoms with E-state index in [-0.39, 0.29) is 19.2 Å². The number of aliphatic carboxylic acids is 1. The molecule has 2 heterocycles. The topological polar surface area (TPSA) is 104 Å². The fourth-order valence-corrected chi connectivity index (χ4v) is 3.83. The van der Waals surface area contributed by atoms with Gasteiger partial charge in [0.05, 0.1) is 18.8 Å². The molecule has 0 aromatic heterocycles. The number of hydrogen-bond donors (Lipinski definition) is 1. The quantitative estimate of drug-likeness (QED) is 0.705. The maximum Gasteiger partial charge on any atom is 0.305 e. The van der Waals surface area contributed by atoms with E-state index in [4.69, 9.17) is 9.84 Å². The minimum Gasteiger partial charge on any atom is -0.481 e. The Labute approximate surface area is 123 Å². The molecular weight excluding hydrogens is 300 g/mol. The highest BCUT2D eigenvalue weighted by molar-refractivity contribution is 7.88. The zero-order chi connectivity index (χ0) is 15.6. The monoisotopic (exact) mass is 320 g/mol. The highest BCUT2D eigenvalue weighted by Gasteiger charge is 2.41. The number of carbonyl (C=O) groups is 2. The summed E-state index contributed by atoms with van der Waals surface area (Å²) in [6, 6.07) is -1.16. The van der Waals surface area contributed by atoms with Crippen molar-refractivity contribution in [3.63, 3.8) is 0 Å². The third-order valence-corrected chi connectivity index (χ3v) is 5.07. The van der Waals surface area contributed by atoms with Gasteiger partial charge in [0.1, 0.15) is 6.04 Å². The van der Waals surface area contributed by atoms with Crippen LogP contribution in [0.25, 0.3) is 0 Å². The van der Waals surface area contributed by atoms with E-state index in [1.54, 1.807) is 0 Å². The summed E-state index contributed by atoms with van der Waals surface area (Å²) in [5.41, 5.74) is 0. The van der Waals surface area contributed by atoms with E-state index in [1.807, 2.05) is 0 Å². The lowest BCUT2D eigenvalue weighted by Gasteiger charge is -2.39. The summed E-state index contributed by atoms with van der Waals surface area (Å²) >= 11 is 0. The summed E-state index contributed by atoms with van der Waals surface area (Å²) in [5, 5.41) is 8.92. The van der Waals surface area contributed by atoms with Crippen molar-refractivity contribution < 1.29 is 27.9 Å². The molecule has 2 aliphatic rings. The minimum atomic E-state index is -3.61. The van der Waals surface area contributed by atoms with Crippen molar-refractivity contribution in [2.75, 3.05) is 32.5 Å². The van der Waals surface area contributed by atoms with E-state index in [1.165, 1.54) is 4.90 Å². The number of piperazine rings is 1. The fourth-order valence-electron chi connectivity index (χ4n) is 2.79. The van der Waals surface area contributed by atoms with Crippen LogP contribution in [0.4, 0.5) is 0 Å². The summed E-state index contributed by atoms with van der Waals surface area (Å²) in [4.78, 5) is 24.8. The molecule has 21 heavy (non-hydrogen) atoms. The smallest absolute Gasteiger partial charge is 0.305 e. The molecular formula is C12H20N2O6S. The van der Waals surface area contributed by atoms with Crippen LogP contribution in [0.2, 0.25) is 0 Å². The molecule has 0 radical (unpaired) electrons. The molecule has 9 heteroatoms. The molecule has 0 aromatic carbocycles. The fraction of sp³-hybridized carbons (Fsp3) is 0.833. The van der Waals surface area contributed by atoms with Crippen LogP contribution in [0.1, 0.15) is 19.3 Å². The van der Waals surface area contributed by atoms with E-state index < -0.39 is 34.4 Å². The molecule has 2 saturated heterocycles. The maximum absolute atomic E-state index is 12.4.